The molecule has 0 saturated heterocycles. The smallest absolute Gasteiger partial charge is 0.160 e. The van der Waals surface area contributed by atoms with Crippen LogP contribution in [0.4, 0.5) is 0 Å². The van der Waals surface area contributed by atoms with Crippen molar-refractivity contribution in [3.63, 3.8) is 0 Å². The average molecular weight is 264 g/mol. The molecule has 0 unspecified atom stereocenters. The molecule has 2 heteroatoms. The van der Waals surface area contributed by atoms with E-state index >= 15 is 0 Å². The summed E-state index contributed by atoms with van der Waals surface area (Å²) >= 11 is 0. The maximum Gasteiger partial charge on any atom is 0.160 e. The van der Waals surface area contributed by atoms with Crippen LogP contribution in [0, 0.1) is 0 Å². The normalized spacial score (nSPS) is 12.8. The van der Waals surface area contributed by atoms with E-state index in [0.29, 0.717) is 6.61 Å². The summed E-state index contributed by atoms with van der Waals surface area (Å²) in [6.45, 7) is 2.15. The average Bonchev–Trinajstić information content (AvgIpc) is 2.89. The predicted molar refractivity (Wildman–Crippen MR) is 79.6 cm³/mol. The lowest BCUT2D eigenvalue weighted by Crippen LogP contribution is -1.98. The van der Waals surface area contributed by atoms with E-state index in [4.69, 9.17) is 4.74 Å². The number of ketones is 1. The first-order valence-corrected chi connectivity index (χ1v) is 6.75. The van der Waals surface area contributed by atoms with Crippen LogP contribution in [0.25, 0.3) is 5.57 Å². The Labute approximate surface area is 118 Å². The number of benzene rings is 2. The fourth-order valence-electron chi connectivity index (χ4n) is 2.47. The SMILES string of the molecule is CC(=O)C1=CCc2ccc(OCc3ccccc3)cc21. The van der Waals surface area contributed by atoms with E-state index in [1.807, 2.05) is 54.6 Å². The molecular weight excluding hydrogens is 248 g/mol. The van der Waals surface area contributed by atoms with E-state index in [2.05, 4.69) is 0 Å². The highest BCUT2D eigenvalue weighted by Crippen LogP contribution is 2.31. The molecule has 2 aromatic rings. The second-order valence-electron chi connectivity index (χ2n) is 4.97. The van der Waals surface area contributed by atoms with Crippen LogP contribution in [0.1, 0.15) is 23.6 Å². The number of ether oxygens (including phenoxy) is 1. The quantitative estimate of drug-likeness (QED) is 0.839. The Bertz CT molecular complexity index is 669. The fraction of sp³-hybridized carbons (Fsp3) is 0.167. The van der Waals surface area contributed by atoms with Gasteiger partial charge in [0.2, 0.25) is 0 Å². The molecule has 0 N–H and O–H groups in total. The summed E-state index contributed by atoms with van der Waals surface area (Å²) in [7, 11) is 0. The van der Waals surface area contributed by atoms with Crippen LogP contribution in [-0.2, 0) is 17.8 Å². The van der Waals surface area contributed by atoms with Crippen LogP contribution in [0.3, 0.4) is 0 Å². The van der Waals surface area contributed by atoms with Crippen molar-refractivity contribution in [3.05, 3.63) is 71.3 Å². The molecular formula is C18H16O2. The maximum absolute atomic E-state index is 11.6. The maximum atomic E-state index is 11.6. The zero-order valence-corrected chi connectivity index (χ0v) is 11.4. The van der Waals surface area contributed by atoms with Crippen molar-refractivity contribution in [2.24, 2.45) is 0 Å². The molecule has 0 radical (unpaired) electrons. The van der Waals surface area contributed by atoms with E-state index < -0.39 is 0 Å². The lowest BCUT2D eigenvalue weighted by molar-refractivity contribution is -0.111. The largest absolute Gasteiger partial charge is 0.489 e. The first-order chi connectivity index (χ1) is 9.74. The van der Waals surface area contributed by atoms with Crippen LogP contribution in [0.2, 0.25) is 0 Å². The van der Waals surface area contributed by atoms with Crippen LogP contribution < -0.4 is 4.74 Å². The first-order valence-electron chi connectivity index (χ1n) is 6.75. The molecule has 0 fully saturated rings. The Morgan fingerprint density at radius 2 is 1.95 bits per heavy atom. The van der Waals surface area contributed by atoms with Gasteiger partial charge in [0.05, 0.1) is 0 Å². The Kier molecular flexibility index (Phi) is 3.38. The van der Waals surface area contributed by atoms with E-state index in [1.165, 1.54) is 5.56 Å². The third-order valence-electron chi connectivity index (χ3n) is 3.53. The number of fused-ring (bicyclic) bond motifs is 1. The number of Topliss-reactive ketones (excluding diaryl/α,β-unsaturated/α-hetero) is 1. The van der Waals surface area contributed by atoms with Gasteiger partial charge in [0.1, 0.15) is 12.4 Å². The summed E-state index contributed by atoms with van der Waals surface area (Å²) in [5.74, 6) is 0.922. The van der Waals surface area contributed by atoms with Gasteiger partial charge in [0, 0.05) is 5.57 Å². The molecule has 0 saturated carbocycles. The first kappa shape index (κ1) is 12.7. The summed E-state index contributed by atoms with van der Waals surface area (Å²) in [5.41, 5.74) is 4.16. The second-order valence-corrected chi connectivity index (χ2v) is 4.97. The molecule has 0 atom stereocenters. The molecule has 2 aromatic carbocycles. The van der Waals surface area contributed by atoms with Gasteiger partial charge < -0.3 is 4.74 Å². The molecule has 2 nitrogen and oxygen atoms in total. The van der Waals surface area contributed by atoms with Gasteiger partial charge in [-0.1, -0.05) is 42.5 Å². The van der Waals surface area contributed by atoms with Gasteiger partial charge in [0.25, 0.3) is 0 Å². The predicted octanol–water partition coefficient (Wildman–Crippen LogP) is 3.79. The molecule has 0 bridgehead atoms. The molecule has 100 valence electrons. The van der Waals surface area contributed by atoms with Crippen molar-refractivity contribution in [3.8, 4) is 5.75 Å². The van der Waals surface area contributed by atoms with E-state index in [1.54, 1.807) is 6.92 Å². The van der Waals surface area contributed by atoms with Crippen LogP contribution >= 0.6 is 0 Å². The molecule has 0 aromatic heterocycles. The fourth-order valence-corrected chi connectivity index (χ4v) is 2.47. The zero-order valence-electron chi connectivity index (χ0n) is 11.4. The summed E-state index contributed by atoms with van der Waals surface area (Å²) in [4.78, 5) is 11.6. The van der Waals surface area contributed by atoms with Gasteiger partial charge in [-0.25, -0.2) is 0 Å². The molecule has 0 amide bonds. The molecule has 1 aliphatic rings. The van der Waals surface area contributed by atoms with Gasteiger partial charge in [-0.15, -0.1) is 0 Å². The van der Waals surface area contributed by atoms with Crippen LogP contribution in [0.15, 0.2) is 54.6 Å². The Morgan fingerprint density at radius 1 is 1.15 bits per heavy atom. The Balaban J connectivity index is 1.78. The minimum absolute atomic E-state index is 0.115. The van der Waals surface area contributed by atoms with Crippen LogP contribution in [0.5, 0.6) is 5.75 Å². The molecule has 1 aliphatic carbocycles. The summed E-state index contributed by atoms with van der Waals surface area (Å²) in [6.07, 6.45) is 2.83. The molecule has 0 aliphatic heterocycles. The van der Waals surface area contributed by atoms with Gasteiger partial charge in [0.15, 0.2) is 5.78 Å². The minimum atomic E-state index is 0.115. The number of hydrogen-bond acceptors (Lipinski definition) is 2. The highest BCUT2D eigenvalue weighted by atomic mass is 16.5. The summed E-state index contributed by atoms with van der Waals surface area (Å²) in [5, 5.41) is 0. The lowest BCUT2D eigenvalue weighted by atomic mass is 10.0. The number of hydrogen-bond donors (Lipinski definition) is 0. The van der Waals surface area contributed by atoms with Crippen molar-refractivity contribution >= 4 is 11.4 Å². The highest BCUT2D eigenvalue weighted by Gasteiger charge is 2.17. The van der Waals surface area contributed by atoms with E-state index in [-0.39, 0.29) is 5.78 Å². The van der Waals surface area contributed by atoms with Crippen molar-refractivity contribution in [2.75, 3.05) is 0 Å². The number of allylic oxidation sites excluding steroid dienone is 2. The standard InChI is InChI=1S/C18H16O2/c1-13(19)17-10-8-15-7-9-16(11-18(15)17)20-12-14-5-3-2-4-6-14/h2-7,9-11H,8,12H2,1H3. The topological polar surface area (TPSA) is 26.3 Å². The van der Waals surface area contributed by atoms with E-state index in [0.717, 1.165) is 28.9 Å². The lowest BCUT2D eigenvalue weighted by Gasteiger charge is -2.09. The minimum Gasteiger partial charge on any atom is -0.489 e. The second kappa shape index (κ2) is 5.33. The third kappa shape index (κ3) is 2.50. The van der Waals surface area contributed by atoms with Crippen LogP contribution in [-0.4, -0.2) is 5.78 Å². The molecule has 0 spiro atoms. The highest BCUT2D eigenvalue weighted by molar-refractivity contribution is 6.21. The summed E-state index contributed by atoms with van der Waals surface area (Å²) < 4.78 is 5.81. The van der Waals surface area contributed by atoms with Crippen molar-refractivity contribution in [1.82, 2.24) is 0 Å². The van der Waals surface area contributed by atoms with Gasteiger partial charge in [-0.05, 0) is 42.2 Å². The number of carbonyl (C=O) groups excluding carboxylic acids is 1. The van der Waals surface area contributed by atoms with Gasteiger partial charge in [-0.3, -0.25) is 4.79 Å². The van der Waals surface area contributed by atoms with Gasteiger partial charge >= 0.3 is 0 Å². The molecule has 20 heavy (non-hydrogen) atoms. The number of rotatable bonds is 4. The van der Waals surface area contributed by atoms with Crippen molar-refractivity contribution < 1.29 is 9.53 Å². The Hall–Kier alpha value is -2.35. The molecule has 3 rings (SSSR count). The van der Waals surface area contributed by atoms with Crippen molar-refractivity contribution in [2.45, 2.75) is 20.0 Å². The van der Waals surface area contributed by atoms with Gasteiger partial charge in [-0.2, -0.15) is 0 Å². The molecule has 0 heterocycles. The van der Waals surface area contributed by atoms with E-state index in [9.17, 15) is 4.79 Å². The number of carbonyl (C=O) groups is 1. The monoisotopic (exact) mass is 264 g/mol. The third-order valence-corrected chi connectivity index (χ3v) is 3.53. The zero-order chi connectivity index (χ0) is 13.9. The Morgan fingerprint density at radius 3 is 2.70 bits per heavy atom. The summed E-state index contributed by atoms with van der Waals surface area (Å²) in [6, 6.07) is 16.0. The van der Waals surface area contributed by atoms with Crippen molar-refractivity contribution in [1.29, 1.82) is 0 Å².